The first-order valence-corrected chi connectivity index (χ1v) is 11.3. The van der Waals surface area contributed by atoms with Gasteiger partial charge in [0, 0.05) is 26.0 Å². The van der Waals surface area contributed by atoms with E-state index in [0.29, 0.717) is 6.54 Å². The highest BCUT2D eigenvalue weighted by Crippen LogP contribution is 2.41. The summed E-state index contributed by atoms with van der Waals surface area (Å²) in [6.07, 6.45) is 4.36. The second-order valence-corrected chi connectivity index (χ2v) is 8.92. The highest BCUT2D eigenvalue weighted by atomic mass is 32.1. The molecule has 32 heavy (non-hydrogen) atoms. The highest BCUT2D eigenvalue weighted by molar-refractivity contribution is 7.80. The molecule has 0 aliphatic carbocycles. The predicted octanol–water partition coefficient (Wildman–Crippen LogP) is 2.33. The molecule has 1 aromatic carbocycles. The van der Waals surface area contributed by atoms with Crippen molar-refractivity contribution in [3.63, 3.8) is 0 Å². The van der Waals surface area contributed by atoms with E-state index in [4.69, 9.17) is 26.4 Å². The first kappa shape index (κ1) is 22.8. The Labute approximate surface area is 193 Å². The van der Waals surface area contributed by atoms with Crippen molar-refractivity contribution < 1.29 is 19.0 Å². The zero-order valence-electron chi connectivity index (χ0n) is 18.8. The lowest BCUT2D eigenvalue weighted by Crippen LogP contribution is -2.69. The van der Waals surface area contributed by atoms with E-state index in [-0.39, 0.29) is 17.1 Å². The second-order valence-electron chi connectivity index (χ2n) is 8.58. The monoisotopic (exact) mass is 458 g/mol. The molecule has 3 heterocycles. The van der Waals surface area contributed by atoms with Crippen LogP contribution < -0.4 is 5.32 Å². The number of hydrogen-bond donors (Lipinski definition) is 1. The number of aromatic nitrogens is 2. The number of fused-ring (bicyclic) bond motifs is 1. The van der Waals surface area contributed by atoms with Crippen LogP contribution in [0.25, 0.3) is 0 Å². The lowest BCUT2D eigenvalue weighted by Gasteiger charge is -2.49. The van der Waals surface area contributed by atoms with Crippen molar-refractivity contribution in [2.75, 3.05) is 7.05 Å². The molecule has 4 rings (SSSR count). The van der Waals surface area contributed by atoms with Gasteiger partial charge in [-0.1, -0.05) is 37.3 Å². The van der Waals surface area contributed by atoms with Crippen molar-refractivity contribution in [2.24, 2.45) is 0 Å². The summed E-state index contributed by atoms with van der Waals surface area (Å²) in [5, 5.41) is 3.11. The van der Waals surface area contributed by atoms with Gasteiger partial charge in [-0.05, 0) is 38.0 Å². The van der Waals surface area contributed by atoms with Crippen LogP contribution >= 0.6 is 12.2 Å². The molecule has 0 unspecified atom stereocenters. The van der Waals surface area contributed by atoms with Crippen LogP contribution in [0.15, 0.2) is 49.1 Å². The Balaban J connectivity index is 1.73. The molecule has 2 saturated heterocycles. The molecule has 5 atom stereocenters. The molecule has 8 nitrogen and oxygen atoms in total. The van der Waals surface area contributed by atoms with Crippen LogP contribution in [-0.2, 0) is 25.5 Å². The molecule has 1 N–H and O–H groups in total. The molecule has 2 aromatic rings. The Kier molecular flexibility index (Phi) is 6.62. The van der Waals surface area contributed by atoms with Crippen LogP contribution in [0.2, 0.25) is 0 Å². The number of carbonyl (C=O) groups is 1. The Hall–Kier alpha value is -2.33. The fourth-order valence-corrected chi connectivity index (χ4v) is 4.95. The van der Waals surface area contributed by atoms with Crippen LogP contribution in [-0.4, -0.2) is 68.8 Å². The number of carbonyl (C=O) groups excluding carboxylic acids is 1. The molecular formula is C23H30N4O4S. The fourth-order valence-electron chi connectivity index (χ4n) is 4.73. The molecule has 0 saturated carbocycles. The van der Waals surface area contributed by atoms with Crippen LogP contribution in [0.1, 0.15) is 32.8 Å². The van der Waals surface area contributed by atoms with Crippen molar-refractivity contribution in [1.82, 2.24) is 19.8 Å². The highest BCUT2D eigenvalue weighted by Gasteiger charge is 2.59. The minimum atomic E-state index is -0.846. The zero-order chi connectivity index (χ0) is 22.9. The van der Waals surface area contributed by atoms with Crippen LogP contribution in [0, 0.1) is 0 Å². The number of ether oxygens (including phenoxy) is 3. The Bertz CT molecular complexity index is 937. The third-order valence-electron chi connectivity index (χ3n) is 6.05. The van der Waals surface area contributed by atoms with E-state index < -0.39 is 30.1 Å². The average Bonchev–Trinajstić information content (AvgIpc) is 3.41. The maximum absolute atomic E-state index is 13.1. The van der Waals surface area contributed by atoms with Gasteiger partial charge in [0.05, 0.1) is 6.04 Å². The molecule has 2 aliphatic rings. The maximum atomic E-state index is 13.1. The summed E-state index contributed by atoms with van der Waals surface area (Å²) in [6.45, 7) is 6.38. The molecule has 172 valence electrons. The van der Waals surface area contributed by atoms with Crippen molar-refractivity contribution in [1.29, 1.82) is 0 Å². The molecule has 0 radical (unpaired) electrons. The van der Waals surface area contributed by atoms with E-state index >= 15 is 0 Å². The van der Waals surface area contributed by atoms with E-state index in [1.165, 1.54) is 0 Å². The summed E-state index contributed by atoms with van der Waals surface area (Å²) < 4.78 is 20.6. The molecule has 9 heteroatoms. The minimum absolute atomic E-state index is 0.105. The minimum Gasteiger partial charge on any atom is -0.463 e. The molecule has 1 amide bonds. The summed E-state index contributed by atoms with van der Waals surface area (Å²) in [6, 6.07) is 9.44. The van der Waals surface area contributed by atoms with Crippen LogP contribution in [0.4, 0.5) is 0 Å². The number of piperidine rings is 1. The van der Waals surface area contributed by atoms with Gasteiger partial charge in [0.1, 0.15) is 30.7 Å². The molecule has 1 aromatic heterocycles. The van der Waals surface area contributed by atoms with E-state index in [1.807, 2.05) is 32.0 Å². The number of likely N-dealkylation sites (tertiary alicyclic amines) is 1. The first-order valence-electron chi connectivity index (χ1n) is 10.9. The number of nitrogens with one attached hydrogen (secondary N) is 1. The summed E-state index contributed by atoms with van der Waals surface area (Å²) >= 11 is 5.55. The van der Waals surface area contributed by atoms with Crippen molar-refractivity contribution in [3.05, 3.63) is 54.6 Å². The number of amides is 1. The smallest absolute Gasteiger partial charge is 0.269 e. The normalized spacial score (nSPS) is 29.3. The topological polar surface area (TPSA) is 77.8 Å². The Morgan fingerprint density at radius 1 is 1.25 bits per heavy atom. The van der Waals surface area contributed by atoms with Gasteiger partial charge in [0.25, 0.3) is 5.17 Å². The standard InChI is InChI=1S/C23H30N4O4S/c1-5-16-18(29-22(32)26-12-11-25-14-26)20-19(30-23(2,3)31-20)17(21(28)24-4)27(16)13-15-9-7-6-8-10-15/h6-12,14,16-20H,5,13H2,1-4H3,(H,24,28)/t16-,17+,18-,19-,20+/m1/s1. The van der Waals surface area contributed by atoms with Crippen LogP contribution in [0.5, 0.6) is 0 Å². The quantitative estimate of drug-likeness (QED) is 0.689. The number of hydrogen-bond acceptors (Lipinski definition) is 7. The number of thiocarbonyl (C=S) groups is 1. The van der Waals surface area contributed by atoms with Crippen molar-refractivity contribution >= 4 is 23.3 Å². The van der Waals surface area contributed by atoms with Gasteiger partial charge in [-0.15, -0.1) is 0 Å². The predicted molar refractivity (Wildman–Crippen MR) is 123 cm³/mol. The van der Waals surface area contributed by atoms with Gasteiger partial charge in [-0.3, -0.25) is 14.3 Å². The third-order valence-corrected chi connectivity index (χ3v) is 6.36. The average molecular weight is 459 g/mol. The molecule has 2 aliphatic heterocycles. The molecule has 0 spiro atoms. The van der Waals surface area contributed by atoms with E-state index in [2.05, 4.69) is 34.3 Å². The molecular weight excluding hydrogens is 428 g/mol. The summed E-state index contributed by atoms with van der Waals surface area (Å²) in [7, 11) is 1.65. The number of benzene rings is 1. The van der Waals surface area contributed by atoms with E-state index in [9.17, 15) is 4.79 Å². The van der Waals surface area contributed by atoms with Crippen molar-refractivity contribution in [2.45, 2.75) is 69.9 Å². The van der Waals surface area contributed by atoms with Gasteiger partial charge < -0.3 is 19.5 Å². The van der Waals surface area contributed by atoms with Crippen molar-refractivity contribution in [3.8, 4) is 0 Å². The van der Waals surface area contributed by atoms with Crippen LogP contribution in [0.3, 0.4) is 0 Å². The summed E-state index contributed by atoms with van der Waals surface area (Å²) in [5.74, 6) is -0.952. The third kappa shape index (κ3) is 4.43. The SMILES string of the molecule is CC[C@@H]1[C@@H](OC(=S)n2ccnc2)[C@@H]2OC(C)(C)O[C@@H]2[C@@H](C(=O)NC)N1Cc1ccccc1. The number of rotatable bonds is 5. The van der Waals surface area contributed by atoms with Gasteiger partial charge in [-0.25, -0.2) is 4.98 Å². The number of likely N-dealkylation sites (N-methyl/N-ethyl adjacent to an activating group) is 1. The van der Waals surface area contributed by atoms with E-state index in [1.54, 1.807) is 30.3 Å². The molecule has 0 bridgehead atoms. The second kappa shape index (κ2) is 9.27. The van der Waals surface area contributed by atoms with Gasteiger partial charge >= 0.3 is 0 Å². The Morgan fingerprint density at radius 2 is 1.97 bits per heavy atom. The zero-order valence-corrected chi connectivity index (χ0v) is 19.6. The van der Waals surface area contributed by atoms with Gasteiger partial charge in [0.2, 0.25) is 5.91 Å². The number of imidazole rings is 1. The lowest BCUT2D eigenvalue weighted by molar-refractivity contribution is -0.154. The fraction of sp³-hybridized carbons (Fsp3) is 0.522. The largest absolute Gasteiger partial charge is 0.463 e. The van der Waals surface area contributed by atoms with E-state index in [0.717, 1.165) is 12.0 Å². The molecule has 2 fully saturated rings. The maximum Gasteiger partial charge on any atom is 0.269 e. The summed E-state index contributed by atoms with van der Waals surface area (Å²) in [4.78, 5) is 19.4. The number of nitrogens with zero attached hydrogens (tertiary/aromatic N) is 3. The Morgan fingerprint density at radius 3 is 2.59 bits per heavy atom. The van der Waals surface area contributed by atoms with Gasteiger partial charge in [0.15, 0.2) is 5.79 Å². The lowest BCUT2D eigenvalue weighted by atomic mass is 9.85. The first-order chi connectivity index (χ1) is 15.3. The summed E-state index contributed by atoms with van der Waals surface area (Å²) in [5.41, 5.74) is 1.10. The van der Waals surface area contributed by atoms with Gasteiger partial charge in [-0.2, -0.15) is 0 Å².